The third-order valence-electron chi connectivity index (χ3n) is 8.13. The van der Waals surface area contributed by atoms with Crippen molar-refractivity contribution < 1.29 is 24.2 Å². The Bertz CT molecular complexity index is 1630. The number of halogens is 2. The van der Waals surface area contributed by atoms with Crippen LogP contribution in [0.5, 0.6) is 0 Å². The number of urea groups is 1. The Morgan fingerprint density at radius 2 is 1.52 bits per heavy atom. The van der Waals surface area contributed by atoms with Crippen molar-refractivity contribution in [1.29, 1.82) is 0 Å². The minimum atomic E-state index is -1.05. The third kappa shape index (κ3) is 14.3. The Hall–Kier alpha value is -3.75. The number of hydrogen-bond donors (Lipinski definition) is 4. The van der Waals surface area contributed by atoms with Crippen LogP contribution in [0.4, 0.5) is 9.59 Å². The Morgan fingerprint density at radius 3 is 2.08 bits per heavy atom. The number of nitrogens with zero attached hydrogens (tertiary/aromatic N) is 3. The van der Waals surface area contributed by atoms with Crippen molar-refractivity contribution in [2.24, 2.45) is 5.92 Å². The maximum absolute atomic E-state index is 13.9. The molecule has 0 spiro atoms. The normalized spacial score (nSPS) is 13.2. The first-order chi connectivity index (χ1) is 24.0. The second-order valence-electron chi connectivity index (χ2n) is 13.0. The number of thiazole rings is 2. The van der Waals surface area contributed by atoms with Crippen molar-refractivity contribution in [1.82, 2.24) is 30.8 Å². The number of aliphatic hydroxyl groups excluding tert-OH is 1. The lowest BCUT2D eigenvalue weighted by atomic mass is 9.93. The molecule has 2 aromatic heterocycles. The predicted octanol–water partition coefficient (Wildman–Crippen LogP) is 6.75. The van der Waals surface area contributed by atoms with Crippen molar-refractivity contribution in [2.75, 3.05) is 7.05 Å². The van der Waals surface area contributed by atoms with Gasteiger partial charge in [0.05, 0.1) is 39.8 Å². The van der Waals surface area contributed by atoms with Crippen LogP contribution in [0.3, 0.4) is 0 Å². The second-order valence-corrected chi connectivity index (χ2v) is 14.9. The zero-order chi connectivity index (χ0) is 36.0. The lowest BCUT2D eigenvalue weighted by Crippen LogP contribution is -2.55. The number of nitrogens with one attached hydrogen (secondary N) is 3. The van der Waals surface area contributed by atoms with Crippen LogP contribution in [0.2, 0.25) is 0 Å². The van der Waals surface area contributed by atoms with Gasteiger partial charge in [-0.05, 0) is 36.3 Å². The highest BCUT2D eigenvalue weighted by molar-refractivity contribution is 7.09. The molecule has 11 nitrogen and oxygen atoms in total. The third-order valence-corrected chi connectivity index (χ3v) is 10.1. The summed E-state index contributed by atoms with van der Waals surface area (Å²) >= 11 is 2.95. The minimum Gasteiger partial charge on any atom is -0.444 e. The fourth-order valence-electron chi connectivity index (χ4n) is 5.39. The molecule has 4 rings (SSSR count). The average molecular weight is 794 g/mol. The topological polar surface area (TPSA) is 146 Å². The molecular formula is C37H50Cl2N6O5S2. The zero-order valence-corrected chi connectivity index (χ0v) is 33.3. The predicted molar refractivity (Wildman–Crippen MR) is 211 cm³/mol. The van der Waals surface area contributed by atoms with Crippen molar-refractivity contribution >= 4 is 65.5 Å². The van der Waals surface area contributed by atoms with Gasteiger partial charge in [0.15, 0.2) is 0 Å². The van der Waals surface area contributed by atoms with Gasteiger partial charge in [-0.3, -0.25) is 9.78 Å². The largest absolute Gasteiger partial charge is 0.444 e. The molecule has 4 amide bonds. The summed E-state index contributed by atoms with van der Waals surface area (Å²) in [4.78, 5) is 51.0. The van der Waals surface area contributed by atoms with E-state index >= 15 is 0 Å². The monoisotopic (exact) mass is 792 g/mol. The number of ether oxygens (including phenoxy) is 1. The van der Waals surface area contributed by atoms with Gasteiger partial charge in [-0.15, -0.1) is 47.5 Å². The van der Waals surface area contributed by atoms with Crippen molar-refractivity contribution in [3.05, 3.63) is 104 Å². The molecule has 0 radical (unpaired) electrons. The van der Waals surface area contributed by atoms with Gasteiger partial charge in [0.1, 0.15) is 12.6 Å². The van der Waals surface area contributed by atoms with Gasteiger partial charge in [0.25, 0.3) is 0 Å². The van der Waals surface area contributed by atoms with E-state index in [1.807, 2.05) is 79.9 Å². The first kappa shape index (κ1) is 44.4. The van der Waals surface area contributed by atoms with E-state index in [0.29, 0.717) is 25.3 Å². The standard InChI is InChI=1S/C37H48N6O5S2.2ClH/c1-24(2)33(42-36(46)43(5)20-29-22-49-35(40-29)25(3)4)34(45)39-28(16-26-12-8-6-9-13-26)18-32(44)31(17-27-14-10-7-11-15-27)41-37(47)48-21-30-19-38-23-50-30;;/h6-15,19,22-25,28,31-33,44H,16-18,20-21H2,1-5H3,(H,39,45)(H,41,47)(H,42,46);2*1H/t28-,31-,32-,33-;;/m0../s1. The van der Waals surface area contributed by atoms with Crippen LogP contribution < -0.4 is 16.0 Å². The van der Waals surface area contributed by atoms with Crippen LogP contribution in [-0.2, 0) is 35.5 Å². The van der Waals surface area contributed by atoms with Gasteiger partial charge in [0.2, 0.25) is 5.91 Å². The zero-order valence-electron chi connectivity index (χ0n) is 30.1. The summed E-state index contributed by atoms with van der Waals surface area (Å²) in [6.07, 6.45) is 0.836. The van der Waals surface area contributed by atoms with Gasteiger partial charge in [0, 0.05) is 30.6 Å². The van der Waals surface area contributed by atoms with Crippen molar-refractivity contribution in [3.8, 4) is 0 Å². The first-order valence-corrected chi connectivity index (χ1v) is 18.6. The first-order valence-electron chi connectivity index (χ1n) is 16.8. The number of rotatable bonds is 17. The van der Waals surface area contributed by atoms with E-state index in [2.05, 4.69) is 39.8 Å². The Morgan fingerprint density at radius 1 is 0.885 bits per heavy atom. The van der Waals surface area contributed by atoms with Crippen LogP contribution in [-0.4, -0.2) is 69.3 Å². The van der Waals surface area contributed by atoms with E-state index in [-0.39, 0.29) is 55.7 Å². The molecule has 0 bridgehead atoms. The summed E-state index contributed by atoms with van der Waals surface area (Å²) in [5.41, 5.74) is 4.35. The highest BCUT2D eigenvalue weighted by Crippen LogP contribution is 2.20. The molecule has 2 aromatic carbocycles. The van der Waals surface area contributed by atoms with Crippen LogP contribution >= 0.6 is 47.5 Å². The smallest absolute Gasteiger partial charge is 0.407 e. The number of hydrogen-bond acceptors (Lipinski definition) is 9. The lowest BCUT2D eigenvalue weighted by Gasteiger charge is -2.30. The molecular weight excluding hydrogens is 743 g/mol. The Kier molecular flexibility index (Phi) is 19.1. The quantitative estimate of drug-likeness (QED) is 0.0926. The van der Waals surface area contributed by atoms with Gasteiger partial charge in [-0.1, -0.05) is 88.4 Å². The summed E-state index contributed by atoms with van der Waals surface area (Å²) in [5.74, 6) is -0.277. The van der Waals surface area contributed by atoms with Crippen LogP contribution in [0.25, 0.3) is 0 Å². The summed E-state index contributed by atoms with van der Waals surface area (Å²) in [6.45, 7) is 8.28. The lowest BCUT2D eigenvalue weighted by molar-refractivity contribution is -0.124. The van der Waals surface area contributed by atoms with Crippen LogP contribution in [0.15, 0.2) is 77.8 Å². The number of aliphatic hydroxyl groups is 1. The Balaban J connectivity index is 0.00000468. The molecule has 0 aliphatic carbocycles. The van der Waals surface area contributed by atoms with E-state index in [1.54, 1.807) is 30.1 Å². The molecule has 0 aliphatic rings. The highest BCUT2D eigenvalue weighted by atomic mass is 35.5. The van der Waals surface area contributed by atoms with Gasteiger partial charge in [-0.2, -0.15) is 0 Å². The van der Waals surface area contributed by atoms with Gasteiger partial charge < -0.3 is 30.7 Å². The summed E-state index contributed by atoms with van der Waals surface area (Å²) in [5, 5.41) is 23.5. The summed E-state index contributed by atoms with van der Waals surface area (Å²) < 4.78 is 5.42. The SMILES string of the molecule is CC(C)c1nc(CN(C)C(=O)N[C@H](C(=O)N[C@@H](Cc2ccccc2)C[C@H](O)[C@H](Cc2ccccc2)NC(=O)OCc2cncs2)C(C)C)cs1.Cl.Cl. The molecule has 4 aromatic rings. The summed E-state index contributed by atoms with van der Waals surface area (Å²) in [7, 11) is 1.68. The van der Waals surface area contributed by atoms with E-state index in [0.717, 1.165) is 26.7 Å². The number of benzene rings is 2. The number of amides is 4. The number of alkyl carbamates (subject to hydrolysis) is 1. The minimum absolute atomic E-state index is 0. The molecule has 0 saturated heterocycles. The molecule has 4 atom stereocenters. The number of carbonyl (C=O) groups is 3. The average Bonchev–Trinajstić information content (AvgIpc) is 3.79. The fourth-order valence-corrected chi connectivity index (χ4v) is 6.72. The molecule has 0 aliphatic heterocycles. The molecule has 0 saturated carbocycles. The molecule has 2 heterocycles. The van der Waals surface area contributed by atoms with E-state index in [9.17, 15) is 19.5 Å². The maximum atomic E-state index is 13.9. The van der Waals surface area contributed by atoms with Crippen molar-refractivity contribution in [2.45, 2.75) is 90.3 Å². The van der Waals surface area contributed by atoms with Crippen LogP contribution in [0, 0.1) is 5.92 Å². The second kappa shape index (κ2) is 22.3. The number of carbonyl (C=O) groups excluding carboxylic acids is 3. The summed E-state index contributed by atoms with van der Waals surface area (Å²) in [6, 6.07) is 16.8. The van der Waals surface area contributed by atoms with E-state index in [1.165, 1.54) is 16.2 Å². The fraction of sp³-hybridized carbons (Fsp3) is 0.432. The Labute approximate surface area is 326 Å². The molecule has 4 N–H and O–H groups in total. The molecule has 0 unspecified atom stereocenters. The molecule has 52 heavy (non-hydrogen) atoms. The van der Waals surface area contributed by atoms with E-state index < -0.39 is 30.3 Å². The molecule has 15 heteroatoms. The molecule has 0 fully saturated rings. The van der Waals surface area contributed by atoms with Gasteiger partial charge in [-0.25, -0.2) is 14.6 Å². The van der Waals surface area contributed by atoms with E-state index in [4.69, 9.17) is 4.74 Å². The van der Waals surface area contributed by atoms with Crippen LogP contribution in [0.1, 0.15) is 66.7 Å². The molecule has 284 valence electrons. The highest BCUT2D eigenvalue weighted by Gasteiger charge is 2.31. The van der Waals surface area contributed by atoms with Gasteiger partial charge >= 0.3 is 12.1 Å². The number of aromatic nitrogens is 2. The maximum Gasteiger partial charge on any atom is 0.407 e. The van der Waals surface area contributed by atoms with Crippen molar-refractivity contribution in [3.63, 3.8) is 0 Å².